The molecule has 2 rings (SSSR count). The Bertz CT molecular complexity index is 502. The second kappa shape index (κ2) is 5.14. The van der Waals surface area contributed by atoms with Crippen molar-refractivity contribution in [3.05, 3.63) is 42.6 Å². The minimum Gasteiger partial charge on any atom is -0.506 e. The second-order valence-electron chi connectivity index (χ2n) is 3.27. The smallest absolute Gasteiger partial charge is 0.288 e. The normalized spacial score (nSPS) is 10.8. The van der Waals surface area contributed by atoms with E-state index >= 15 is 0 Å². The van der Waals surface area contributed by atoms with E-state index in [0.717, 1.165) is 0 Å². The predicted octanol–water partition coefficient (Wildman–Crippen LogP) is 3.77. The van der Waals surface area contributed by atoms with Gasteiger partial charge >= 0.3 is 0 Å². The molecule has 0 unspecified atom stereocenters. The highest BCUT2D eigenvalue weighted by atomic mass is 32.2. The molecule has 0 saturated heterocycles. The van der Waals surface area contributed by atoms with Crippen molar-refractivity contribution in [1.82, 2.24) is 4.98 Å². The molecule has 0 saturated carbocycles. The summed E-state index contributed by atoms with van der Waals surface area (Å²) in [5, 5.41) is 9.59. The zero-order chi connectivity index (χ0) is 12.3. The maximum atomic E-state index is 12.1. The Kier molecular flexibility index (Phi) is 3.58. The molecule has 1 N–H and O–H groups in total. The molecular weight excluding hydrogens is 244 g/mol. The van der Waals surface area contributed by atoms with E-state index in [9.17, 15) is 13.9 Å². The summed E-state index contributed by atoms with van der Waals surface area (Å²) in [6.45, 7) is 0. The minimum absolute atomic E-state index is 0.0711. The number of benzene rings is 1. The van der Waals surface area contributed by atoms with Crippen LogP contribution >= 0.6 is 11.8 Å². The SMILES string of the molecule is Oc1cccnc1-c1ccc(SC(F)F)cc1. The van der Waals surface area contributed by atoms with Crippen LogP contribution in [0, 0.1) is 0 Å². The van der Waals surface area contributed by atoms with E-state index in [1.54, 1.807) is 36.5 Å². The number of nitrogens with zero attached hydrogens (tertiary/aromatic N) is 1. The molecule has 1 aromatic heterocycles. The molecule has 0 bridgehead atoms. The number of halogens is 2. The fourth-order valence-electron chi connectivity index (χ4n) is 1.41. The van der Waals surface area contributed by atoms with Crippen LogP contribution in [0.4, 0.5) is 8.78 Å². The molecule has 0 spiro atoms. The molecule has 0 radical (unpaired) electrons. The van der Waals surface area contributed by atoms with Crippen LogP contribution in [0.2, 0.25) is 0 Å². The van der Waals surface area contributed by atoms with Gasteiger partial charge in [0.1, 0.15) is 11.4 Å². The highest BCUT2D eigenvalue weighted by Gasteiger charge is 2.07. The van der Waals surface area contributed by atoms with Gasteiger partial charge in [0.05, 0.1) is 0 Å². The zero-order valence-corrected chi connectivity index (χ0v) is 9.49. The lowest BCUT2D eigenvalue weighted by Gasteiger charge is -2.04. The molecule has 0 amide bonds. The first-order valence-electron chi connectivity index (χ1n) is 4.86. The maximum Gasteiger partial charge on any atom is 0.288 e. The van der Waals surface area contributed by atoms with Crippen LogP contribution < -0.4 is 0 Å². The summed E-state index contributed by atoms with van der Waals surface area (Å²) in [5.41, 5.74) is 1.14. The molecule has 17 heavy (non-hydrogen) atoms. The fraction of sp³-hybridized carbons (Fsp3) is 0.0833. The van der Waals surface area contributed by atoms with Gasteiger partial charge in [0.15, 0.2) is 0 Å². The van der Waals surface area contributed by atoms with Crippen molar-refractivity contribution in [1.29, 1.82) is 0 Å². The average molecular weight is 253 g/mol. The monoisotopic (exact) mass is 253 g/mol. The van der Waals surface area contributed by atoms with E-state index < -0.39 is 5.76 Å². The summed E-state index contributed by atoms with van der Waals surface area (Å²) in [7, 11) is 0. The Balaban J connectivity index is 2.27. The van der Waals surface area contributed by atoms with Crippen molar-refractivity contribution >= 4 is 11.8 Å². The van der Waals surface area contributed by atoms with Crippen molar-refractivity contribution < 1.29 is 13.9 Å². The van der Waals surface area contributed by atoms with Crippen molar-refractivity contribution in [2.75, 3.05) is 0 Å². The second-order valence-corrected chi connectivity index (χ2v) is 4.34. The summed E-state index contributed by atoms with van der Waals surface area (Å²) < 4.78 is 24.2. The number of hydrogen-bond donors (Lipinski definition) is 1. The van der Waals surface area contributed by atoms with Gasteiger partial charge in [0.25, 0.3) is 5.76 Å². The third-order valence-electron chi connectivity index (χ3n) is 2.14. The quantitative estimate of drug-likeness (QED) is 0.845. The van der Waals surface area contributed by atoms with E-state index in [4.69, 9.17) is 0 Å². The molecule has 1 aromatic carbocycles. The number of hydrogen-bond acceptors (Lipinski definition) is 3. The Hall–Kier alpha value is -1.62. The van der Waals surface area contributed by atoms with Gasteiger partial charge in [-0.15, -0.1) is 0 Å². The van der Waals surface area contributed by atoms with Crippen LogP contribution in [-0.4, -0.2) is 15.8 Å². The number of rotatable bonds is 3. The van der Waals surface area contributed by atoms with Gasteiger partial charge in [-0.2, -0.15) is 8.78 Å². The van der Waals surface area contributed by atoms with Gasteiger partial charge in [-0.1, -0.05) is 23.9 Å². The number of thioether (sulfide) groups is 1. The van der Waals surface area contributed by atoms with Crippen molar-refractivity contribution in [2.45, 2.75) is 10.7 Å². The average Bonchev–Trinajstić information content (AvgIpc) is 2.30. The largest absolute Gasteiger partial charge is 0.506 e. The highest BCUT2D eigenvalue weighted by molar-refractivity contribution is 7.99. The Morgan fingerprint density at radius 3 is 2.41 bits per heavy atom. The maximum absolute atomic E-state index is 12.1. The van der Waals surface area contributed by atoms with E-state index in [2.05, 4.69) is 4.98 Å². The summed E-state index contributed by atoms with van der Waals surface area (Å²) >= 11 is 0.490. The van der Waals surface area contributed by atoms with E-state index in [-0.39, 0.29) is 5.75 Å². The number of alkyl halides is 2. The van der Waals surface area contributed by atoms with E-state index in [1.165, 1.54) is 6.07 Å². The van der Waals surface area contributed by atoms with Gasteiger partial charge in [-0.25, -0.2) is 0 Å². The van der Waals surface area contributed by atoms with Crippen LogP contribution in [0.1, 0.15) is 0 Å². The molecule has 0 aliphatic carbocycles. The van der Waals surface area contributed by atoms with Crippen LogP contribution in [0.15, 0.2) is 47.5 Å². The molecule has 88 valence electrons. The van der Waals surface area contributed by atoms with Crippen LogP contribution in [-0.2, 0) is 0 Å². The molecule has 0 atom stereocenters. The molecular formula is C12H9F2NOS. The Labute approximate surface area is 101 Å². The minimum atomic E-state index is -2.43. The summed E-state index contributed by atoms with van der Waals surface area (Å²) in [6, 6.07) is 9.64. The molecule has 2 nitrogen and oxygen atoms in total. The molecule has 0 aliphatic rings. The van der Waals surface area contributed by atoms with Crippen LogP contribution in [0.25, 0.3) is 11.3 Å². The third kappa shape index (κ3) is 2.94. The first kappa shape index (κ1) is 11.9. The molecule has 5 heteroatoms. The van der Waals surface area contributed by atoms with E-state index in [1.807, 2.05) is 0 Å². The molecule has 0 fully saturated rings. The lowest BCUT2D eigenvalue weighted by atomic mass is 10.1. The van der Waals surface area contributed by atoms with Gasteiger partial charge in [-0.3, -0.25) is 4.98 Å². The summed E-state index contributed by atoms with van der Waals surface area (Å²) in [4.78, 5) is 4.52. The molecule has 1 heterocycles. The fourth-order valence-corrected chi connectivity index (χ4v) is 1.91. The highest BCUT2D eigenvalue weighted by Crippen LogP contribution is 2.30. The van der Waals surface area contributed by atoms with Crippen molar-refractivity contribution in [2.24, 2.45) is 0 Å². The predicted molar refractivity (Wildman–Crippen MR) is 63.2 cm³/mol. The summed E-state index contributed by atoms with van der Waals surface area (Å²) in [6.07, 6.45) is 1.57. The Morgan fingerprint density at radius 2 is 1.82 bits per heavy atom. The van der Waals surface area contributed by atoms with Crippen LogP contribution in [0.5, 0.6) is 5.75 Å². The van der Waals surface area contributed by atoms with Gasteiger partial charge in [0, 0.05) is 16.7 Å². The number of aromatic hydroxyl groups is 1. The van der Waals surface area contributed by atoms with Gasteiger partial charge in [-0.05, 0) is 24.3 Å². The first-order valence-corrected chi connectivity index (χ1v) is 5.74. The third-order valence-corrected chi connectivity index (χ3v) is 2.86. The number of aromatic nitrogens is 1. The van der Waals surface area contributed by atoms with Crippen LogP contribution in [0.3, 0.4) is 0 Å². The lowest BCUT2D eigenvalue weighted by Crippen LogP contribution is -1.85. The zero-order valence-electron chi connectivity index (χ0n) is 8.68. The first-order chi connectivity index (χ1) is 8.16. The molecule has 0 aliphatic heterocycles. The standard InChI is InChI=1S/C12H9F2NOS/c13-12(14)17-9-5-3-8(4-6-9)11-10(16)2-1-7-15-11/h1-7,12,16H. The topological polar surface area (TPSA) is 33.1 Å². The summed E-state index contributed by atoms with van der Waals surface area (Å²) in [5.74, 6) is -2.36. The van der Waals surface area contributed by atoms with Crippen molar-refractivity contribution in [3.63, 3.8) is 0 Å². The molecule has 2 aromatic rings. The Morgan fingerprint density at radius 1 is 1.12 bits per heavy atom. The lowest BCUT2D eigenvalue weighted by molar-refractivity contribution is 0.252. The van der Waals surface area contributed by atoms with Gasteiger partial charge < -0.3 is 5.11 Å². The van der Waals surface area contributed by atoms with Crippen molar-refractivity contribution in [3.8, 4) is 17.0 Å². The van der Waals surface area contributed by atoms with E-state index in [0.29, 0.717) is 27.9 Å². The number of pyridine rings is 1. The van der Waals surface area contributed by atoms with Gasteiger partial charge in [0.2, 0.25) is 0 Å².